The zero-order valence-corrected chi connectivity index (χ0v) is 11.2. The molecule has 2 aromatic rings. The lowest BCUT2D eigenvalue weighted by Gasteiger charge is -2.11. The van der Waals surface area contributed by atoms with Crippen LogP contribution in [0.25, 0.3) is 0 Å². The Bertz CT molecular complexity index is 487. The van der Waals surface area contributed by atoms with Gasteiger partial charge < -0.3 is 5.11 Å². The van der Waals surface area contributed by atoms with Gasteiger partial charge in [0.2, 0.25) is 0 Å². The van der Waals surface area contributed by atoms with Gasteiger partial charge >= 0.3 is 0 Å². The molecule has 1 aromatic carbocycles. The second-order valence-corrected chi connectivity index (χ2v) is 5.41. The molecule has 1 heterocycles. The van der Waals surface area contributed by atoms with E-state index in [-0.39, 0.29) is 0 Å². The average Bonchev–Trinajstić information content (AvgIpc) is 2.74. The molecule has 0 aliphatic carbocycles. The van der Waals surface area contributed by atoms with Crippen molar-refractivity contribution in [1.29, 1.82) is 0 Å². The summed E-state index contributed by atoms with van der Waals surface area (Å²) in [5.74, 6) is 0.520. The number of thiazole rings is 1. The highest BCUT2D eigenvalue weighted by atomic mass is 32.1. The van der Waals surface area contributed by atoms with E-state index in [9.17, 15) is 5.11 Å². The largest absolute Gasteiger partial charge is 0.383 e. The highest BCUT2D eigenvalue weighted by Gasteiger charge is 2.15. The van der Waals surface area contributed by atoms with Crippen molar-refractivity contribution in [2.45, 2.75) is 32.8 Å². The number of hydrogen-bond acceptors (Lipinski definition) is 3. The summed E-state index contributed by atoms with van der Waals surface area (Å²) in [6.45, 7) is 6.26. The standard InChI is InChI=1S/C14H17NOS/c1-9(2)11-4-6-12(7-5-11)13(16)14-10(3)15-8-17-14/h4-9,13,16H,1-3H3. The van der Waals surface area contributed by atoms with Crippen LogP contribution in [0.5, 0.6) is 0 Å². The molecule has 0 saturated heterocycles. The monoisotopic (exact) mass is 247 g/mol. The maximum atomic E-state index is 10.3. The maximum absolute atomic E-state index is 10.3. The van der Waals surface area contributed by atoms with E-state index in [4.69, 9.17) is 0 Å². The minimum absolute atomic E-state index is 0.520. The Morgan fingerprint density at radius 2 is 1.71 bits per heavy atom. The molecular formula is C14H17NOS. The molecule has 0 amide bonds. The van der Waals surface area contributed by atoms with Crippen LogP contribution in [0.2, 0.25) is 0 Å². The van der Waals surface area contributed by atoms with Crippen molar-refractivity contribution in [3.05, 3.63) is 51.5 Å². The van der Waals surface area contributed by atoms with E-state index in [1.165, 1.54) is 16.9 Å². The first-order valence-electron chi connectivity index (χ1n) is 5.77. The van der Waals surface area contributed by atoms with Crippen molar-refractivity contribution < 1.29 is 5.11 Å². The normalized spacial score (nSPS) is 13.0. The smallest absolute Gasteiger partial charge is 0.115 e. The van der Waals surface area contributed by atoms with Gasteiger partial charge in [-0.25, -0.2) is 4.98 Å². The molecule has 1 atom stereocenters. The molecule has 2 rings (SSSR count). The van der Waals surface area contributed by atoms with Crippen LogP contribution in [0.1, 0.15) is 47.6 Å². The first kappa shape index (κ1) is 12.3. The molecule has 3 heteroatoms. The summed E-state index contributed by atoms with van der Waals surface area (Å²) in [4.78, 5) is 5.10. The lowest BCUT2D eigenvalue weighted by Crippen LogP contribution is -1.99. The summed E-state index contributed by atoms with van der Waals surface area (Å²) in [5.41, 5.74) is 4.91. The number of nitrogens with zero attached hydrogens (tertiary/aromatic N) is 1. The van der Waals surface area contributed by atoms with Gasteiger partial charge in [-0.15, -0.1) is 11.3 Å². The maximum Gasteiger partial charge on any atom is 0.115 e. The van der Waals surface area contributed by atoms with Crippen LogP contribution < -0.4 is 0 Å². The van der Waals surface area contributed by atoms with Crippen LogP contribution >= 0.6 is 11.3 Å². The second kappa shape index (κ2) is 4.98. The lowest BCUT2D eigenvalue weighted by atomic mass is 9.99. The predicted molar refractivity (Wildman–Crippen MR) is 71.4 cm³/mol. The first-order chi connectivity index (χ1) is 8.09. The molecule has 2 nitrogen and oxygen atoms in total. The minimum Gasteiger partial charge on any atom is -0.383 e. The molecule has 17 heavy (non-hydrogen) atoms. The molecule has 0 fully saturated rings. The van der Waals surface area contributed by atoms with Gasteiger partial charge in [-0.2, -0.15) is 0 Å². The quantitative estimate of drug-likeness (QED) is 0.898. The fraction of sp³-hybridized carbons (Fsp3) is 0.357. The molecule has 90 valence electrons. The highest BCUT2D eigenvalue weighted by Crippen LogP contribution is 2.28. The van der Waals surface area contributed by atoms with Gasteiger partial charge in [-0.05, 0) is 24.0 Å². The molecule has 0 bridgehead atoms. The van der Waals surface area contributed by atoms with Gasteiger partial charge in [-0.1, -0.05) is 38.1 Å². The van der Waals surface area contributed by atoms with Gasteiger partial charge in [0, 0.05) is 0 Å². The molecular weight excluding hydrogens is 230 g/mol. The number of hydrogen-bond donors (Lipinski definition) is 1. The molecule has 1 N–H and O–H groups in total. The summed E-state index contributed by atoms with van der Waals surface area (Å²) in [6.07, 6.45) is -0.552. The van der Waals surface area contributed by atoms with Crippen molar-refractivity contribution in [3.63, 3.8) is 0 Å². The second-order valence-electron chi connectivity index (χ2n) is 4.53. The van der Waals surface area contributed by atoms with Gasteiger partial charge in [0.15, 0.2) is 0 Å². The molecule has 1 unspecified atom stereocenters. The number of aliphatic hydroxyl groups is 1. The summed E-state index contributed by atoms with van der Waals surface area (Å²) < 4.78 is 0. The fourth-order valence-electron chi connectivity index (χ4n) is 1.79. The lowest BCUT2D eigenvalue weighted by molar-refractivity contribution is 0.223. The van der Waals surface area contributed by atoms with E-state index in [1.807, 2.05) is 19.1 Å². The Morgan fingerprint density at radius 3 is 2.18 bits per heavy atom. The van der Waals surface area contributed by atoms with E-state index < -0.39 is 6.10 Å². The highest BCUT2D eigenvalue weighted by molar-refractivity contribution is 7.09. The van der Waals surface area contributed by atoms with E-state index in [0.29, 0.717) is 5.92 Å². The molecule has 0 aliphatic heterocycles. The summed E-state index contributed by atoms with van der Waals surface area (Å²) in [5, 5.41) is 10.3. The molecule has 0 spiro atoms. The first-order valence-corrected chi connectivity index (χ1v) is 6.65. The summed E-state index contributed by atoms with van der Waals surface area (Å²) >= 11 is 1.50. The number of aromatic nitrogens is 1. The predicted octanol–water partition coefficient (Wildman–Crippen LogP) is 3.66. The number of aryl methyl sites for hydroxylation is 1. The van der Waals surface area contributed by atoms with E-state index in [0.717, 1.165) is 16.1 Å². The van der Waals surface area contributed by atoms with E-state index in [1.54, 1.807) is 5.51 Å². The Kier molecular flexibility index (Phi) is 3.60. The molecule has 0 radical (unpaired) electrons. The third-order valence-corrected chi connectivity index (χ3v) is 3.93. The van der Waals surface area contributed by atoms with E-state index in [2.05, 4.69) is 31.0 Å². The molecule has 0 saturated carbocycles. The summed E-state index contributed by atoms with van der Waals surface area (Å²) in [7, 11) is 0. The molecule has 1 aromatic heterocycles. The topological polar surface area (TPSA) is 33.1 Å². The van der Waals surface area contributed by atoms with Gasteiger partial charge in [-0.3, -0.25) is 0 Å². The zero-order chi connectivity index (χ0) is 12.4. The fourth-order valence-corrected chi connectivity index (χ4v) is 2.60. The number of aliphatic hydroxyl groups excluding tert-OH is 1. The van der Waals surface area contributed by atoms with Gasteiger partial charge in [0.1, 0.15) is 6.10 Å². The summed E-state index contributed by atoms with van der Waals surface area (Å²) in [6, 6.07) is 8.16. The van der Waals surface area contributed by atoms with E-state index >= 15 is 0 Å². The Balaban J connectivity index is 2.26. The SMILES string of the molecule is Cc1ncsc1C(O)c1ccc(C(C)C)cc1. The zero-order valence-electron chi connectivity index (χ0n) is 10.3. The van der Waals surface area contributed by atoms with Crippen molar-refractivity contribution in [3.8, 4) is 0 Å². The third kappa shape index (κ3) is 2.56. The van der Waals surface area contributed by atoms with Crippen LogP contribution in [0.4, 0.5) is 0 Å². The van der Waals surface area contributed by atoms with Crippen molar-refractivity contribution in [2.75, 3.05) is 0 Å². The Hall–Kier alpha value is -1.19. The molecule has 0 aliphatic rings. The van der Waals surface area contributed by atoms with Gasteiger partial charge in [0.25, 0.3) is 0 Å². The van der Waals surface area contributed by atoms with Crippen molar-refractivity contribution >= 4 is 11.3 Å². The number of benzene rings is 1. The van der Waals surface area contributed by atoms with Crippen molar-refractivity contribution in [1.82, 2.24) is 4.98 Å². The number of rotatable bonds is 3. The van der Waals surface area contributed by atoms with Crippen LogP contribution in [-0.2, 0) is 0 Å². The van der Waals surface area contributed by atoms with Gasteiger partial charge in [0.05, 0.1) is 16.1 Å². The van der Waals surface area contributed by atoms with Crippen LogP contribution in [0, 0.1) is 6.92 Å². The van der Waals surface area contributed by atoms with Crippen LogP contribution in [0.15, 0.2) is 29.8 Å². The van der Waals surface area contributed by atoms with Crippen LogP contribution in [0.3, 0.4) is 0 Å². The Morgan fingerprint density at radius 1 is 1.12 bits per heavy atom. The van der Waals surface area contributed by atoms with Crippen molar-refractivity contribution in [2.24, 2.45) is 0 Å². The minimum atomic E-state index is -0.552. The third-order valence-electron chi connectivity index (χ3n) is 2.95. The average molecular weight is 247 g/mol. The van der Waals surface area contributed by atoms with Crippen LogP contribution in [-0.4, -0.2) is 10.1 Å². The Labute approximate surface area is 106 Å².